The van der Waals surface area contributed by atoms with Gasteiger partial charge in [0.05, 0.1) is 24.5 Å². The van der Waals surface area contributed by atoms with E-state index in [1.54, 1.807) is 7.11 Å². The Morgan fingerprint density at radius 1 is 1.30 bits per heavy atom. The van der Waals surface area contributed by atoms with Crippen molar-refractivity contribution in [3.63, 3.8) is 0 Å². The van der Waals surface area contributed by atoms with Gasteiger partial charge >= 0.3 is 0 Å². The molecule has 2 N–H and O–H groups in total. The number of aromatic nitrogens is 2. The van der Waals surface area contributed by atoms with E-state index in [-0.39, 0.29) is 6.04 Å². The van der Waals surface area contributed by atoms with Crippen LogP contribution in [-0.2, 0) is 13.5 Å². The second-order valence-corrected chi connectivity index (χ2v) is 5.21. The van der Waals surface area contributed by atoms with Crippen molar-refractivity contribution in [2.75, 3.05) is 7.11 Å². The van der Waals surface area contributed by atoms with Crippen LogP contribution in [-0.4, -0.2) is 16.9 Å². The number of benzene rings is 1. The molecule has 0 aliphatic rings. The molecule has 0 fully saturated rings. The van der Waals surface area contributed by atoms with Crippen LogP contribution in [0.4, 0.5) is 0 Å². The van der Waals surface area contributed by atoms with E-state index in [4.69, 9.17) is 10.5 Å². The summed E-state index contributed by atoms with van der Waals surface area (Å²) in [5, 5.41) is 4.47. The van der Waals surface area contributed by atoms with Gasteiger partial charge in [0.25, 0.3) is 0 Å². The summed E-state index contributed by atoms with van der Waals surface area (Å²) in [5.74, 6) is 0.842. The Hall–Kier alpha value is -1.81. The van der Waals surface area contributed by atoms with E-state index < -0.39 is 0 Å². The summed E-state index contributed by atoms with van der Waals surface area (Å²) in [6, 6.07) is 6.00. The number of hydrogen-bond donors (Lipinski definition) is 1. The van der Waals surface area contributed by atoms with E-state index in [0.717, 1.165) is 34.7 Å². The van der Waals surface area contributed by atoms with Crippen LogP contribution in [0.5, 0.6) is 5.75 Å². The van der Waals surface area contributed by atoms with Gasteiger partial charge in [-0.25, -0.2) is 0 Å². The predicted octanol–water partition coefficient (Wildman–Crippen LogP) is 2.66. The lowest BCUT2D eigenvalue weighted by molar-refractivity contribution is 0.406. The molecule has 0 amide bonds. The van der Waals surface area contributed by atoms with Crippen LogP contribution in [0, 0.1) is 13.8 Å². The molecule has 0 aliphatic heterocycles. The van der Waals surface area contributed by atoms with Crippen LogP contribution in [0.25, 0.3) is 0 Å². The largest absolute Gasteiger partial charge is 0.496 e. The number of aryl methyl sites for hydroxylation is 4. The average Bonchev–Trinajstić information content (AvgIpc) is 2.78. The maximum Gasteiger partial charge on any atom is 0.124 e. The summed E-state index contributed by atoms with van der Waals surface area (Å²) in [7, 11) is 3.62. The first-order valence-corrected chi connectivity index (χ1v) is 6.91. The fraction of sp³-hybridized carbons (Fsp3) is 0.438. The molecule has 1 atom stereocenters. The minimum atomic E-state index is -0.233. The van der Waals surface area contributed by atoms with E-state index in [1.165, 1.54) is 5.56 Å². The molecule has 0 saturated carbocycles. The van der Waals surface area contributed by atoms with Gasteiger partial charge in [0.2, 0.25) is 0 Å². The Morgan fingerprint density at radius 2 is 2.00 bits per heavy atom. The van der Waals surface area contributed by atoms with Crippen LogP contribution in [0.1, 0.15) is 41.0 Å². The molecule has 0 spiro atoms. The number of nitrogens with two attached hydrogens (primary N) is 1. The van der Waals surface area contributed by atoms with Crippen molar-refractivity contribution in [3.05, 3.63) is 46.3 Å². The van der Waals surface area contributed by atoms with E-state index in [9.17, 15) is 0 Å². The maximum atomic E-state index is 6.47. The van der Waals surface area contributed by atoms with Gasteiger partial charge < -0.3 is 10.5 Å². The van der Waals surface area contributed by atoms with Crippen molar-refractivity contribution >= 4 is 0 Å². The van der Waals surface area contributed by atoms with Gasteiger partial charge in [-0.05, 0) is 43.5 Å². The number of ether oxygens (including phenoxy) is 1. The summed E-state index contributed by atoms with van der Waals surface area (Å²) in [6.45, 7) is 6.22. The summed E-state index contributed by atoms with van der Waals surface area (Å²) in [6.07, 6.45) is 0.907. The van der Waals surface area contributed by atoms with Crippen LogP contribution in [0.2, 0.25) is 0 Å². The first-order valence-electron chi connectivity index (χ1n) is 6.91. The van der Waals surface area contributed by atoms with E-state index in [1.807, 2.05) is 17.8 Å². The summed E-state index contributed by atoms with van der Waals surface area (Å²) in [4.78, 5) is 0. The summed E-state index contributed by atoms with van der Waals surface area (Å²) in [5.41, 5.74) is 11.9. The van der Waals surface area contributed by atoms with Crippen molar-refractivity contribution in [2.45, 2.75) is 33.2 Å². The molecule has 0 radical (unpaired) electrons. The Kier molecular flexibility index (Phi) is 4.14. The van der Waals surface area contributed by atoms with Crippen LogP contribution < -0.4 is 10.5 Å². The number of rotatable bonds is 4. The Balaban J connectivity index is 2.52. The van der Waals surface area contributed by atoms with Crippen LogP contribution in [0.15, 0.2) is 18.2 Å². The van der Waals surface area contributed by atoms with Gasteiger partial charge in [-0.15, -0.1) is 0 Å². The van der Waals surface area contributed by atoms with Crippen molar-refractivity contribution in [3.8, 4) is 5.75 Å². The lowest BCUT2D eigenvalue weighted by Gasteiger charge is -2.19. The molecule has 20 heavy (non-hydrogen) atoms. The third-order valence-corrected chi connectivity index (χ3v) is 3.67. The van der Waals surface area contributed by atoms with Gasteiger partial charge in [0.1, 0.15) is 5.75 Å². The van der Waals surface area contributed by atoms with Gasteiger partial charge in [-0.2, -0.15) is 5.10 Å². The molecule has 0 aliphatic carbocycles. The third kappa shape index (κ3) is 2.56. The van der Waals surface area contributed by atoms with Crippen LogP contribution >= 0.6 is 0 Å². The molecule has 108 valence electrons. The molecular weight excluding hydrogens is 250 g/mol. The molecule has 4 nitrogen and oxygen atoms in total. The standard InChI is InChI=1S/C16H23N3O/c1-6-12-9-13(19(4)18-12)16(17)15-11(3)7-10(2)8-14(15)20-5/h7-9,16H,6,17H2,1-5H3. The van der Waals surface area contributed by atoms with Crippen molar-refractivity contribution < 1.29 is 4.74 Å². The highest BCUT2D eigenvalue weighted by Crippen LogP contribution is 2.32. The molecule has 0 saturated heterocycles. The van der Waals surface area contributed by atoms with E-state index in [2.05, 4.69) is 38.0 Å². The van der Waals surface area contributed by atoms with E-state index in [0.29, 0.717) is 0 Å². The second kappa shape index (κ2) is 5.67. The predicted molar refractivity (Wildman–Crippen MR) is 81.1 cm³/mol. The summed E-state index contributed by atoms with van der Waals surface area (Å²) >= 11 is 0. The smallest absolute Gasteiger partial charge is 0.124 e. The highest BCUT2D eigenvalue weighted by atomic mass is 16.5. The SMILES string of the molecule is CCc1cc(C(N)c2c(C)cc(C)cc2OC)n(C)n1. The Labute approximate surface area is 120 Å². The number of methoxy groups -OCH3 is 1. The van der Waals surface area contributed by atoms with Crippen molar-refractivity contribution in [1.29, 1.82) is 0 Å². The minimum absolute atomic E-state index is 0.233. The minimum Gasteiger partial charge on any atom is -0.496 e. The van der Waals surface area contributed by atoms with Gasteiger partial charge in [0, 0.05) is 12.6 Å². The lowest BCUT2D eigenvalue weighted by Crippen LogP contribution is -2.18. The van der Waals surface area contributed by atoms with Crippen molar-refractivity contribution in [1.82, 2.24) is 9.78 Å². The zero-order chi connectivity index (χ0) is 14.9. The monoisotopic (exact) mass is 273 g/mol. The fourth-order valence-corrected chi connectivity index (χ4v) is 2.66. The summed E-state index contributed by atoms with van der Waals surface area (Å²) < 4.78 is 7.38. The zero-order valence-electron chi connectivity index (χ0n) is 12.9. The zero-order valence-corrected chi connectivity index (χ0v) is 12.9. The molecule has 1 heterocycles. The molecule has 1 aromatic heterocycles. The highest BCUT2D eigenvalue weighted by Gasteiger charge is 2.20. The molecule has 2 aromatic rings. The Morgan fingerprint density at radius 3 is 2.55 bits per heavy atom. The average molecular weight is 273 g/mol. The topological polar surface area (TPSA) is 53.1 Å². The molecule has 1 unspecified atom stereocenters. The highest BCUT2D eigenvalue weighted by molar-refractivity contribution is 5.47. The van der Waals surface area contributed by atoms with E-state index >= 15 is 0 Å². The Bertz CT molecular complexity index is 616. The van der Waals surface area contributed by atoms with Gasteiger partial charge in [0.15, 0.2) is 0 Å². The molecule has 0 bridgehead atoms. The van der Waals surface area contributed by atoms with Crippen molar-refractivity contribution in [2.24, 2.45) is 12.8 Å². The normalized spacial score (nSPS) is 12.5. The first kappa shape index (κ1) is 14.6. The molecule has 4 heteroatoms. The number of nitrogens with zero attached hydrogens (tertiary/aromatic N) is 2. The maximum absolute atomic E-state index is 6.47. The molecule has 1 aromatic carbocycles. The quantitative estimate of drug-likeness (QED) is 0.931. The van der Waals surface area contributed by atoms with Gasteiger partial charge in [-0.1, -0.05) is 13.0 Å². The number of hydrogen-bond acceptors (Lipinski definition) is 3. The molecule has 2 rings (SSSR count). The molecular formula is C16H23N3O. The third-order valence-electron chi connectivity index (χ3n) is 3.67. The van der Waals surface area contributed by atoms with Crippen LogP contribution in [0.3, 0.4) is 0 Å². The lowest BCUT2D eigenvalue weighted by atomic mass is 9.96. The first-order chi connectivity index (χ1) is 9.47. The fourth-order valence-electron chi connectivity index (χ4n) is 2.66. The van der Waals surface area contributed by atoms with Gasteiger partial charge in [-0.3, -0.25) is 4.68 Å². The second-order valence-electron chi connectivity index (χ2n) is 5.21.